The summed E-state index contributed by atoms with van der Waals surface area (Å²) in [5.41, 5.74) is -7.40. The summed E-state index contributed by atoms with van der Waals surface area (Å²) in [5, 5.41) is 0.562. The Balaban J connectivity index is 0.000000335. The molecule has 21 nitrogen and oxygen atoms in total. The molecule has 3 unspecified atom stereocenters. The molecule has 5 fully saturated rings. The lowest BCUT2D eigenvalue weighted by molar-refractivity contribution is -0.115. The van der Waals surface area contributed by atoms with Gasteiger partial charge in [0, 0.05) is 225 Å². The van der Waals surface area contributed by atoms with Gasteiger partial charge in [0.1, 0.15) is 17.5 Å². The highest BCUT2D eigenvalue weighted by Crippen LogP contribution is 2.31. The van der Waals surface area contributed by atoms with Crippen molar-refractivity contribution in [1.29, 1.82) is 0 Å². The van der Waals surface area contributed by atoms with E-state index in [2.05, 4.69) is 0 Å². The maximum Gasteiger partial charge on any atom is 0.221 e. The second kappa shape index (κ2) is 39.8. The Morgan fingerprint density at radius 3 is 1.49 bits per heavy atom. The number of hydrogen-bond acceptors (Lipinski definition) is 15. The van der Waals surface area contributed by atoms with Crippen molar-refractivity contribution in [2.24, 2.45) is 23.6 Å². The Kier molecular flexibility index (Phi) is 14.6. The molecule has 3 N–H and O–H groups in total. The number of anilines is 6. The SMILES string of the molecule is [2H]c1c(F)c([2H])c(N([2H])C(C)=O)c([2H])c1N1CCN(C([2H])([2H])CCCN(C([2H])([2H])[2H])S(=O)(=O)CC2C([2H])([2H])CCCC2([2H])[2H])CC1.[2H]c1c(F)c([2H])c(N([2H])C(C)=O)c([2H])c1N1CCN(C([2H])CCCN(C([2H])([2H])[2H])S(=O)(=O)CC2([2H])C([2H])([2H])C([2H])([2H])C([2H])([2H])C([2H])(C)C2([2H])[2H])CC1.[2H]c1c(F)c([2H])c(N([2H])C(C)=O)c([2H])c1N1CCN(CCCC([2H])([2H])N(C([2H])([2H])[2H])S(=O)(=O)C([2H])([2H])C([2H])(C([2H])([2H])[2H])C([2H])([2H])[2H])CC1. The van der Waals surface area contributed by atoms with E-state index in [1.165, 1.54) is 19.6 Å². The van der Waals surface area contributed by atoms with E-state index in [0.717, 1.165) is 20.8 Å². The molecule has 3 saturated heterocycles. The minimum Gasteiger partial charge on any atom is -0.369 e. The Bertz CT molecular complexity index is 5530. The van der Waals surface area contributed by atoms with Crippen molar-refractivity contribution in [3.8, 4) is 0 Å². The molecule has 97 heavy (non-hydrogen) atoms. The molecule has 3 aromatic carbocycles. The lowest BCUT2D eigenvalue weighted by Gasteiger charge is -2.36. The van der Waals surface area contributed by atoms with Gasteiger partial charge in [-0.1, -0.05) is 52.6 Å². The van der Waals surface area contributed by atoms with Gasteiger partial charge in [0.2, 0.25) is 47.8 Å². The smallest absolute Gasteiger partial charge is 0.221 e. The molecule has 2 aliphatic carbocycles. The zero-order valence-electron chi connectivity index (χ0n) is 103. The second-order valence-electron chi connectivity index (χ2n) is 22.1. The van der Waals surface area contributed by atoms with Gasteiger partial charge in [-0.25, -0.2) is 51.3 Å². The summed E-state index contributed by atoms with van der Waals surface area (Å²) in [6, 6.07) is -7.00. The normalized spacial score (nSPS) is 32.5. The van der Waals surface area contributed by atoms with E-state index in [1.54, 1.807) is 9.80 Å². The summed E-state index contributed by atoms with van der Waals surface area (Å²) in [6.45, 7) is -23.0. The highest BCUT2D eigenvalue weighted by molar-refractivity contribution is 7.89. The van der Waals surface area contributed by atoms with Gasteiger partial charge >= 0.3 is 0 Å². The van der Waals surface area contributed by atoms with Crippen LogP contribution in [0.15, 0.2) is 54.4 Å². The average Bonchev–Trinajstić information content (AvgIpc) is 0.657. The molecule has 3 amide bonds. The third-order valence-electron chi connectivity index (χ3n) is 14.3. The number of hydrogen-bond donors (Lipinski definition) is 3. The number of nitrogens with one attached hydrogen (secondary N) is 3. The van der Waals surface area contributed by atoms with Gasteiger partial charge in [0.05, 0.1) is 29.5 Å². The molecular formula is C70H115F3N12O9S3. The molecule has 2 saturated carbocycles. The molecule has 0 aromatic heterocycles. The molecular weight excluding hydrogens is 1310 g/mol. The van der Waals surface area contributed by atoms with E-state index in [-0.39, 0.29) is 178 Å². The molecule has 0 bridgehead atoms. The van der Waals surface area contributed by atoms with Gasteiger partial charge in [-0.15, -0.1) is 0 Å². The largest absolute Gasteiger partial charge is 0.369 e. The molecule has 5 aliphatic rings. The van der Waals surface area contributed by atoms with Crippen molar-refractivity contribution in [2.75, 3.05) is 186 Å². The van der Waals surface area contributed by atoms with E-state index in [1.807, 2.05) is 0 Å². The van der Waals surface area contributed by atoms with Crippen molar-refractivity contribution in [3.63, 3.8) is 0 Å². The van der Waals surface area contributed by atoms with Crippen LogP contribution >= 0.6 is 0 Å². The van der Waals surface area contributed by atoms with E-state index in [9.17, 15) is 52.8 Å². The zero-order valence-corrected chi connectivity index (χ0v) is 56.4. The highest BCUT2D eigenvalue weighted by Gasteiger charge is 2.29. The van der Waals surface area contributed by atoms with Crippen LogP contribution in [-0.4, -0.2) is 226 Å². The van der Waals surface area contributed by atoms with Gasteiger partial charge in [0.15, 0.2) is 4.24 Å². The first-order chi connectivity index (χ1) is 65.3. The number of rotatable bonds is 30. The molecule has 3 heterocycles. The number of halogens is 3. The minimum atomic E-state index is -6.38. The maximum atomic E-state index is 14.8. The summed E-state index contributed by atoms with van der Waals surface area (Å²) in [6.07, 6.45) is -21.4. The molecule has 3 atom stereocenters. The van der Waals surface area contributed by atoms with Crippen LogP contribution in [-0.2, 0) is 44.5 Å². The molecule has 3 aliphatic heterocycles. The number of carbonyl (C=O) groups is 3. The van der Waals surface area contributed by atoms with Crippen LogP contribution in [0.4, 0.5) is 47.3 Å². The van der Waals surface area contributed by atoms with Gasteiger partial charge in [0.25, 0.3) is 0 Å². The summed E-state index contributed by atoms with van der Waals surface area (Å²) < 4.78 is 518. The fourth-order valence-electron chi connectivity index (χ4n) is 9.71. The number of piperazine rings is 3. The van der Waals surface area contributed by atoms with Crippen LogP contribution in [0.5, 0.6) is 0 Å². The first-order valence-corrected chi connectivity index (χ1v) is 35.2. The van der Waals surface area contributed by atoms with Crippen molar-refractivity contribution in [1.82, 2.24) is 27.6 Å². The number of benzene rings is 3. The van der Waals surface area contributed by atoms with Gasteiger partial charge in [-0.05, 0) is 162 Å². The summed E-state index contributed by atoms with van der Waals surface area (Å²) >= 11 is 0. The first kappa shape index (κ1) is 35.7. The summed E-state index contributed by atoms with van der Waals surface area (Å²) in [4.78, 5) is 44.0. The Morgan fingerprint density at radius 1 is 0.577 bits per heavy atom. The molecule has 8 rings (SSSR count). The van der Waals surface area contributed by atoms with Crippen molar-refractivity contribution in [2.45, 2.75) is 137 Å². The molecule has 27 heteroatoms. The fraction of sp³-hybridized carbons (Fsp3) is 0.700. The quantitative estimate of drug-likeness (QED) is 0.0566. The van der Waals surface area contributed by atoms with Crippen molar-refractivity contribution in [3.05, 3.63) is 71.8 Å². The lowest BCUT2D eigenvalue weighted by atomic mass is 9.83. The Labute approximate surface area is 648 Å². The Hall–Kier alpha value is -5.13. The number of amides is 3. The third-order valence-corrected chi connectivity index (χ3v) is 18.5. The minimum absolute atomic E-state index is 0.00408. The number of carbonyl (C=O) groups excluding carboxylic acids is 3. The standard InChI is InChI=1S/C25H41FN4O3S.C24H39FN4O3S.C21H35FN4O3S/c1-20-7-6-8-22(15-20)19-34(32,33)28(3)9-4-5-10-29-11-13-30(14-12-29)25-17-23(26)16-24(18-25)27-21(2)31;1-20(30)26-23-16-22(25)17-24(18-23)29-14-12-28(13-15-29)11-7-6-10-27(2)33(31,32)19-21-8-4-3-5-9-21;1-17(2)16-30(28,29)24(4)7-5-6-8-25-9-11-26(12-10-25)21-14-19(22)13-20(15-21)23-18(3)27/h16-18,20,22H,4-15,19H2,1-3H3,(H,27,31);16-18,21H,3-15,19H2,1-2H3,(H,26,30);13-15,17H,5-12,16H2,1-4H3,(H,23,27)/i3D3,6D2,7D2,8D2,10D,15D2,16D,17D,18D,20D,22D;2D3,8D2,9D2,11D2,16D,17D,18D;1D3,2D3,4D3,7D2,13D,14D,15D,16D2,17D/hD3. The fourth-order valence-corrected chi connectivity index (χ4v) is 12.6. The van der Waals surface area contributed by atoms with Crippen LogP contribution in [0, 0.1) is 41.1 Å². The zero-order chi connectivity index (χ0) is 114. The molecule has 0 radical (unpaired) electrons. The highest BCUT2D eigenvalue weighted by atomic mass is 32.2. The van der Waals surface area contributed by atoms with Gasteiger partial charge < -0.3 is 30.6 Å². The van der Waals surface area contributed by atoms with Crippen LogP contribution in [0.3, 0.4) is 0 Å². The van der Waals surface area contributed by atoms with Gasteiger partial charge in [-0.2, -0.15) is 0 Å². The van der Waals surface area contributed by atoms with E-state index in [4.69, 9.17) is 67.3 Å². The van der Waals surface area contributed by atoms with E-state index in [0.29, 0.717) is 6.92 Å². The van der Waals surface area contributed by atoms with Crippen LogP contribution in [0.1, 0.15) is 200 Å². The van der Waals surface area contributed by atoms with Gasteiger partial charge in [-0.3, -0.25) is 29.1 Å². The first-order valence-electron chi connectivity index (χ1n) is 55.0. The molecule has 3 aromatic rings. The predicted octanol–water partition coefficient (Wildman–Crippen LogP) is 9.91. The summed E-state index contributed by atoms with van der Waals surface area (Å²) in [7, 11) is -16.5. The molecule has 0 spiro atoms. The third kappa shape index (κ3) is 29.2. The van der Waals surface area contributed by atoms with Crippen molar-refractivity contribution < 1.29 is 120 Å². The van der Waals surface area contributed by atoms with E-state index < -0.39 is 294 Å². The maximum absolute atomic E-state index is 14.8. The number of nitrogens with zero attached hydrogens (tertiary/aromatic N) is 9. The summed E-state index contributed by atoms with van der Waals surface area (Å²) in [5.74, 6) is -22.7. The predicted molar refractivity (Wildman–Crippen MR) is 388 cm³/mol. The average molecular weight is 1470 g/mol. The van der Waals surface area contributed by atoms with Crippen LogP contribution < -0.4 is 30.6 Å². The lowest BCUT2D eigenvalue weighted by Crippen LogP contribution is -2.46. The monoisotopic (exact) mass is 1470 g/mol. The van der Waals surface area contributed by atoms with Crippen LogP contribution in [0.2, 0.25) is 4.24 Å². The van der Waals surface area contributed by atoms with Crippen LogP contribution in [0.25, 0.3) is 0 Å². The topological polar surface area (TPSA) is 219 Å². The number of sulfonamides is 3. The second-order valence-corrected chi connectivity index (χ2v) is 27.4. The Morgan fingerprint density at radius 2 is 1.03 bits per heavy atom. The van der Waals surface area contributed by atoms with Crippen molar-refractivity contribution >= 4 is 81.9 Å². The van der Waals surface area contributed by atoms with E-state index >= 15 is 0 Å². The molecule has 548 valence electrons.